The van der Waals surface area contributed by atoms with E-state index in [4.69, 9.17) is 4.42 Å². The van der Waals surface area contributed by atoms with Crippen molar-refractivity contribution in [2.45, 2.75) is 33.4 Å². The van der Waals surface area contributed by atoms with E-state index < -0.39 is 6.09 Å². The van der Waals surface area contributed by atoms with Gasteiger partial charge in [-0.3, -0.25) is 4.79 Å². The van der Waals surface area contributed by atoms with Crippen molar-refractivity contribution in [1.29, 1.82) is 5.26 Å². The lowest BCUT2D eigenvalue weighted by molar-refractivity contribution is 0.101. The first-order valence-electron chi connectivity index (χ1n) is 13.7. The first kappa shape index (κ1) is 27.7. The third-order valence-corrected chi connectivity index (χ3v) is 8.02. The Morgan fingerprint density at radius 2 is 1.79 bits per heavy atom. The lowest BCUT2D eigenvalue weighted by Crippen LogP contribution is -2.35. The zero-order valence-electron chi connectivity index (χ0n) is 23.8. The molecule has 1 aliphatic rings. The van der Waals surface area contributed by atoms with Crippen molar-refractivity contribution >= 4 is 28.8 Å². The number of nitrogens with zero attached hydrogens (tertiary/aromatic N) is 5. The summed E-state index contributed by atoms with van der Waals surface area (Å²) in [5.41, 5.74) is 8.16. The molecule has 0 fully saturated rings. The predicted octanol–water partition coefficient (Wildman–Crippen LogP) is 5.16. The van der Waals surface area contributed by atoms with E-state index in [-0.39, 0.29) is 24.9 Å². The number of hydrogen-bond donors (Lipinski definition) is 3. The number of imidazole rings is 1. The molecule has 11 heteroatoms. The number of fused-ring (bicyclic) bond motifs is 2. The van der Waals surface area contributed by atoms with Crippen molar-refractivity contribution < 1.29 is 24.2 Å². The van der Waals surface area contributed by atoms with Crippen LogP contribution in [0, 0.1) is 25.2 Å². The highest BCUT2D eigenvalue weighted by Gasteiger charge is 2.28. The van der Waals surface area contributed by atoms with Crippen molar-refractivity contribution in [3.63, 3.8) is 0 Å². The van der Waals surface area contributed by atoms with Gasteiger partial charge >= 0.3 is 6.09 Å². The van der Waals surface area contributed by atoms with Crippen LogP contribution < -0.4 is 5.32 Å². The van der Waals surface area contributed by atoms with E-state index in [2.05, 4.69) is 21.4 Å². The summed E-state index contributed by atoms with van der Waals surface area (Å²) >= 11 is 0. The van der Waals surface area contributed by atoms with Gasteiger partial charge in [0.25, 0.3) is 5.91 Å². The second kappa shape index (κ2) is 10.7. The minimum atomic E-state index is -1.01. The van der Waals surface area contributed by atoms with Gasteiger partial charge < -0.3 is 29.4 Å². The van der Waals surface area contributed by atoms with Crippen LogP contribution in [0.25, 0.3) is 33.7 Å². The third-order valence-electron chi connectivity index (χ3n) is 8.02. The van der Waals surface area contributed by atoms with Gasteiger partial charge in [-0.15, -0.1) is 0 Å². The fourth-order valence-corrected chi connectivity index (χ4v) is 5.68. The number of aliphatic hydroxyl groups excluding tert-OH is 1. The Kier molecular flexibility index (Phi) is 6.91. The number of nitriles is 1. The molecule has 0 atom stereocenters. The number of aromatic nitrogens is 3. The average molecular weight is 577 g/mol. The van der Waals surface area contributed by atoms with Crippen LogP contribution in [-0.2, 0) is 26.6 Å². The molecular weight excluding hydrogens is 548 g/mol. The zero-order chi connectivity index (χ0) is 30.4. The molecule has 43 heavy (non-hydrogen) atoms. The Balaban J connectivity index is 1.32. The molecule has 0 saturated carbocycles. The summed E-state index contributed by atoms with van der Waals surface area (Å²) in [5.74, 6) is 0.201. The van der Waals surface area contributed by atoms with Gasteiger partial charge in [-0.05, 0) is 65.9 Å². The minimum absolute atomic E-state index is 0.149. The number of anilines is 1. The fraction of sp³-hybridized carbons (Fsp3) is 0.219. The number of rotatable bonds is 5. The number of carbonyl (C=O) groups excluding carboxylic acids is 1. The van der Waals surface area contributed by atoms with Crippen LogP contribution in [-0.4, -0.2) is 48.2 Å². The van der Waals surface area contributed by atoms with Gasteiger partial charge in [0.05, 0.1) is 24.4 Å². The Bertz CT molecular complexity index is 1980. The molecule has 5 aromatic rings. The summed E-state index contributed by atoms with van der Waals surface area (Å²) in [6.07, 6.45) is -0.517. The second-order valence-corrected chi connectivity index (χ2v) is 10.5. The number of benzene rings is 3. The molecule has 0 aliphatic carbocycles. The Hall–Kier alpha value is -5.47. The smallest absolute Gasteiger partial charge is 0.407 e. The number of oxazole rings is 1. The monoisotopic (exact) mass is 576 g/mol. The molecule has 3 heterocycles. The average Bonchev–Trinajstić information content (AvgIpc) is 3.58. The maximum atomic E-state index is 13.4. The third kappa shape index (κ3) is 4.77. The summed E-state index contributed by atoms with van der Waals surface area (Å²) in [7, 11) is 1.77. The van der Waals surface area contributed by atoms with E-state index in [1.165, 1.54) is 4.90 Å². The summed E-state index contributed by atoms with van der Waals surface area (Å²) in [6, 6.07) is 16.9. The Morgan fingerprint density at radius 3 is 2.51 bits per heavy atom. The number of hydrogen-bond acceptors (Lipinski definition) is 7. The van der Waals surface area contributed by atoms with E-state index in [0.717, 1.165) is 33.5 Å². The summed E-state index contributed by atoms with van der Waals surface area (Å²) in [4.78, 5) is 35.2. The molecule has 0 bridgehead atoms. The van der Waals surface area contributed by atoms with Crippen LogP contribution in [0.5, 0.6) is 0 Å². The van der Waals surface area contributed by atoms with Gasteiger partial charge in [0.15, 0.2) is 11.4 Å². The molecule has 2 amide bonds. The van der Waals surface area contributed by atoms with Crippen molar-refractivity contribution in [2.24, 2.45) is 7.05 Å². The van der Waals surface area contributed by atoms with E-state index in [1.807, 2.05) is 50.2 Å². The first-order valence-corrected chi connectivity index (χ1v) is 13.7. The maximum absolute atomic E-state index is 13.4. The van der Waals surface area contributed by atoms with Crippen molar-refractivity contribution in [1.82, 2.24) is 19.4 Å². The normalized spacial score (nSPS) is 12.7. The van der Waals surface area contributed by atoms with Crippen molar-refractivity contribution in [2.75, 3.05) is 11.9 Å². The van der Waals surface area contributed by atoms with Crippen LogP contribution >= 0.6 is 0 Å². The van der Waals surface area contributed by atoms with Crippen molar-refractivity contribution in [3.8, 4) is 28.7 Å². The number of carboxylic acid groups (broad SMARTS) is 1. The molecule has 0 spiro atoms. The van der Waals surface area contributed by atoms with E-state index in [1.54, 1.807) is 23.7 Å². The van der Waals surface area contributed by atoms with Gasteiger partial charge in [-0.25, -0.2) is 14.8 Å². The molecule has 0 unspecified atom stereocenters. The lowest BCUT2D eigenvalue weighted by atomic mass is 9.93. The Labute approximate surface area is 246 Å². The molecule has 6 rings (SSSR count). The topological polar surface area (TPSA) is 158 Å². The highest BCUT2D eigenvalue weighted by atomic mass is 16.4. The minimum Gasteiger partial charge on any atom is -0.465 e. The number of amides is 2. The number of nitrogens with one attached hydrogen (secondary N) is 1. The van der Waals surface area contributed by atoms with E-state index in [0.29, 0.717) is 52.5 Å². The zero-order valence-corrected chi connectivity index (χ0v) is 23.8. The van der Waals surface area contributed by atoms with Gasteiger partial charge in [0, 0.05) is 37.0 Å². The van der Waals surface area contributed by atoms with Crippen LogP contribution in [0.3, 0.4) is 0 Å². The lowest BCUT2D eigenvalue weighted by Gasteiger charge is -2.23. The largest absolute Gasteiger partial charge is 0.465 e. The number of aliphatic hydroxyl groups is 1. The van der Waals surface area contributed by atoms with Crippen molar-refractivity contribution in [3.05, 3.63) is 88.0 Å². The SMILES string of the molecule is Cc1c(NC(=O)c2nc3c(n2C)CCN(C(=O)O)C3)cccc1-c1cccc(-c2nc3cc(CO)cc(C#N)c3o2)c1C. The van der Waals surface area contributed by atoms with Gasteiger partial charge in [-0.1, -0.05) is 24.3 Å². The molecule has 2 aromatic heterocycles. The Morgan fingerprint density at radius 1 is 1.07 bits per heavy atom. The van der Waals surface area contributed by atoms with E-state index >= 15 is 0 Å². The predicted molar refractivity (Wildman–Crippen MR) is 158 cm³/mol. The van der Waals surface area contributed by atoms with Crippen LogP contribution in [0.1, 0.15) is 44.3 Å². The molecule has 0 saturated heterocycles. The second-order valence-electron chi connectivity index (χ2n) is 10.5. The summed E-state index contributed by atoms with van der Waals surface area (Å²) in [5, 5.41) is 31.5. The summed E-state index contributed by atoms with van der Waals surface area (Å²) in [6.45, 7) is 4.19. The van der Waals surface area contributed by atoms with Crippen LogP contribution in [0.2, 0.25) is 0 Å². The quantitative estimate of drug-likeness (QED) is 0.259. The van der Waals surface area contributed by atoms with Crippen LogP contribution in [0.15, 0.2) is 52.9 Å². The van der Waals surface area contributed by atoms with E-state index in [9.17, 15) is 25.1 Å². The molecule has 1 aliphatic heterocycles. The van der Waals surface area contributed by atoms with Gasteiger partial charge in [0.1, 0.15) is 11.6 Å². The molecule has 3 N–H and O–H groups in total. The van der Waals surface area contributed by atoms with Crippen LogP contribution in [0.4, 0.5) is 10.5 Å². The molecule has 3 aromatic carbocycles. The molecule has 0 radical (unpaired) electrons. The molecule has 11 nitrogen and oxygen atoms in total. The maximum Gasteiger partial charge on any atom is 0.407 e. The molecule has 216 valence electrons. The van der Waals surface area contributed by atoms with Gasteiger partial charge in [0.2, 0.25) is 5.89 Å². The standard InChI is InChI=1S/C32H28N6O5/c1-17-21(6-4-8-23(17)31-36-25-13-19(16-39)12-20(14-33)28(25)43-31)22-7-5-9-24(18(22)2)35-30(40)29-34-26-15-38(32(41)42)11-10-27(26)37(29)3/h4-9,12-13,39H,10-11,15-16H2,1-3H3,(H,35,40)(H,41,42). The number of carbonyl (C=O) groups is 2. The highest BCUT2D eigenvalue weighted by molar-refractivity contribution is 6.03. The highest BCUT2D eigenvalue weighted by Crippen LogP contribution is 2.37. The fourth-order valence-electron chi connectivity index (χ4n) is 5.68. The first-order chi connectivity index (χ1) is 20.7. The summed E-state index contributed by atoms with van der Waals surface area (Å²) < 4.78 is 7.79. The van der Waals surface area contributed by atoms with Gasteiger partial charge in [-0.2, -0.15) is 5.26 Å². The molecular formula is C32H28N6O5.